The van der Waals surface area contributed by atoms with Crippen LogP contribution in [0.4, 0.5) is 0 Å². The molecule has 0 heterocycles. The molecule has 3 aliphatic carbocycles. The minimum Gasteiger partial charge on any atom is -0.383 e. The van der Waals surface area contributed by atoms with Gasteiger partial charge in [-0.3, -0.25) is 0 Å². The van der Waals surface area contributed by atoms with E-state index in [-0.39, 0.29) is 6.04 Å². The van der Waals surface area contributed by atoms with Crippen molar-refractivity contribution in [3.63, 3.8) is 0 Å². The molecule has 0 saturated heterocycles. The molecule has 21 heavy (non-hydrogen) atoms. The monoisotopic (exact) mass is 327 g/mol. The van der Waals surface area contributed by atoms with Crippen molar-refractivity contribution in [2.24, 2.45) is 11.8 Å². The van der Waals surface area contributed by atoms with E-state index in [0.29, 0.717) is 27.9 Å². The number of nitrogens with one attached hydrogen (secondary N) is 1. The number of fused-ring (bicyclic) bond motifs is 3. The van der Waals surface area contributed by atoms with Crippen molar-refractivity contribution in [3.05, 3.63) is 33.8 Å². The lowest BCUT2D eigenvalue weighted by Gasteiger charge is -2.55. The highest BCUT2D eigenvalue weighted by Crippen LogP contribution is 2.53. The van der Waals surface area contributed by atoms with Gasteiger partial charge in [-0.05, 0) is 55.2 Å². The summed E-state index contributed by atoms with van der Waals surface area (Å²) in [5.74, 6) is 0.841. The van der Waals surface area contributed by atoms with Gasteiger partial charge in [-0.2, -0.15) is 0 Å². The van der Waals surface area contributed by atoms with Gasteiger partial charge in [0.05, 0.1) is 10.0 Å². The molecule has 0 aromatic heterocycles. The van der Waals surface area contributed by atoms with Crippen molar-refractivity contribution in [2.45, 2.75) is 57.2 Å². The van der Waals surface area contributed by atoms with E-state index in [2.05, 4.69) is 19.2 Å². The molecular formula is C17H23Cl2NO. The van der Waals surface area contributed by atoms with Crippen molar-refractivity contribution in [1.29, 1.82) is 0 Å². The SMILES string of the molecule is CC(C)N[C@H]1C2CCC(CC2)C1(O)c1ccc(Cl)c(Cl)c1. The molecule has 3 saturated carbocycles. The quantitative estimate of drug-likeness (QED) is 0.864. The molecular weight excluding hydrogens is 305 g/mol. The van der Waals surface area contributed by atoms with Gasteiger partial charge in [0.15, 0.2) is 0 Å². The summed E-state index contributed by atoms with van der Waals surface area (Å²) in [7, 11) is 0. The molecule has 2 nitrogen and oxygen atoms in total. The summed E-state index contributed by atoms with van der Waals surface area (Å²) in [6.45, 7) is 4.27. The summed E-state index contributed by atoms with van der Waals surface area (Å²) < 4.78 is 0. The molecule has 2 N–H and O–H groups in total. The average molecular weight is 328 g/mol. The van der Waals surface area contributed by atoms with Gasteiger partial charge in [-0.1, -0.05) is 43.1 Å². The van der Waals surface area contributed by atoms with Gasteiger partial charge >= 0.3 is 0 Å². The molecule has 1 aromatic rings. The van der Waals surface area contributed by atoms with Crippen LogP contribution in [0.2, 0.25) is 10.0 Å². The molecule has 3 aliphatic rings. The Morgan fingerprint density at radius 3 is 2.38 bits per heavy atom. The Morgan fingerprint density at radius 1 is 1.14 bits per heavy atom. The van der Waals surface area contributed by atoms with Crippen molar-refractivity contribution >= 4 is 23.2 Å². The second-order valence-electron chi connectivity index (χ2n) is 6.86. The normalized spacial score (nSPS) is 35.4. The summed E-state index contributed by atoms with van der Waals surface area (Å²) in [6.07, 6.45) is 4.60. The second kappa shape index (κ2) is 5.73. The van der Waals surface area contributed by atoms with Crippen LogP contribution in [-0.4, -0.2) is 17.2 Å². The summed E-state index contributed by atoms with van der Waals surface area (Å²) in [6, 6.07) is 6.03. The maximum atomic E-state index is 11.6. The summed E-state index contributed by atoms with van der Waals surface area (Å²) in [5.41, 5.74) is 0.0732. The van der Waals surface area contributed by atoms with Gasteiger partial charge in [0.1, 0.15) is 5.60 Å². The maximum Gasteiger partial charge on any atom is 0.108 e. The predicted octanol–water partition coefficient (Wildman–Crippen LogP) is 4.37. The van der Waals surface area contributed by atoms with Crippen molar-refractivity contribution < 1.29 is 5.11 Å². The number of aliphatic hydroxyl groups is 1. The molecule has 4 rings (SSSR count). The highest BCUT2D eigenvalue weighted by atomic mass is 35.5. The van der Waals surface area contributed by atoms with Crippen LogP contribution >= 0.6 is 23.2 Å². The van der Waals surface area contributed by atoms with E-state index in [4.69, 9.17) is 23.2 Å². The van der Waals surface area contributed by atoms with E-state index < -0.39 is 5.60 Å². The topological polar surface area (TPSA) is 32.3 Å². The average Bonchev–Trinajstić information content (AvgIpc) is 2.46. The Bertz CT molecular complexity index is 526. The highest BCUT2D eigenvalue weighted by molar-refractivity contribution is 6.42. The smallest absolute Gasteiger partial charge is 0.108 e. The second-order valence-corrected chi connectivity index (χ2v) is 7.68. The Balaban J connectivity index is 2.03. The lowest BCUT2D eigenvalue weighted by molar-refractivity contribution is -0.134. The van der Waals surface area contributed by atoms with Crippen LogP contribution in [0, 0.1) is 11.8 Å². The third-order valence-electron chi connectivity index (χ3n) is 5.23. The van der Waals surface area contributed by atoms with Gasteiger partial charge in [0.25, 0.3) is 0 Å². The third kappa shape index (κ3) is 2.61. The molecule has 0 amide bonds. The van der Waals surface area contributed by atoms with Crippen LogP contribution in [0.15, 0.2) is 18.2 Å². The Labute approximate surface area is 136 Å². The summed E-state index contributed by atoms with van der Waals surface area (Å²) in [5, 5.41) is 16.3. The number of rotatable bonds is 3. The van der Waals surface area contributed by atoms with Crippen LogP contribution < -0.4 is 5.32 Å². The lowest BCUT2D eigenvalue weighted by Crippen LogP contribution is -2.63. The fourth-order valence-corrected chi connectivity index (χ4v) is 4.59. The van der Waals surface area contributed by atoms with E-state index in [1.807, 2.05) is 12.1 Å². The zero-order valence-electron chi connectivity index (χ0n) is 12.6. The molecule has 116 valence electrons. The minimum absolute atomic E-state index is 0.0993. The van der Waals surface area contributed by atoms with Gasteiger partial charge in [0.2, 0.25) is 0 Å². The molecule has 0 radical (unpaired) electrons. The molecule has 2 bridgehead atoms. The van der Waals surface area contributed by atoms with Crippen molar-refractivity contribution in [3.8, 4) is 0 Å². The summed E-state index contributed by atoms with van der Waals surface area (Å²) in [4.78, 5) is 0. The number of halogens is 2. The zero-order chi connectivity index (χ0) is 15.2. The fraction of sp³-hybridized carbons (Fsp3) is 0.647. The molecule has 4 heteroatoms. The van der Waals surface area contributed by atoms with Crippen LogP contribution in [0.1, 0.15) is 45.1 Å². The molecule has 0 aliphatic heterocycles. The number of hydrogen-bond donors (Lipinski definition) is 2. The van der Waals surface area contributed by atoms with Gasteiger partial charge in [0, 0.05) is 12.1 Å². The summed E-state index contributed by atoms with van der Waals surface area (Å²) >= 11 is 12.2. The Hall–Kier alpha value is -0.280. The van der Waals surface area contributed by atoms with Crippen LogP contribution in [-0.2, 0) is 5.60 Å². The molecule has 1 aromatic carbocycles. The fourth-order valence-electron chi connectivity index (χ4n) is 4.29. The van der Waals surface area contributed by atoms with Crippen molar-refractivity contribution in [2.75, 3.05) is 0 Å². The number of benzene rings is 1. The van der Waals surface area contributed by atoms with Crippen LogP contribution in [0.3, 0.4) is 0 Å². The highest BCUT2D eigenvalue weighted by Gasteiger charge is 2.54. The molecule has 3 fully saturated rings. The van der Waals surface area contributed by atoms with Gasteiger partial charge in [-0.25, -0.2) is 0 Å². The van der Waals surface area contributed by atoms with Crippen LogP contribution in [0.5, 0.6) is 0 Å². The first-order valence-electron chi connectivity index (χ1n) is 7.87. The first-order chi connectivity index (χ1) is 9.92. The first kappa shape index (κ1) is 15.6. The van der Waals surface area contributed by atoms with Crippen LogP contribution in [0.25, 0.3) is 0 Å². The van der Waals surface area contributed by atoms with E-state index in [1.54, 1.807) is 6.07 Å². The predicted molar refractivity (Wildman–Crippen MR) is 87.9 cm³/mol. The largest absolute Gasteiger partial charge is 0.383 e. The molecule has 2 atom stereocenters. The zero-order valence-corrected chi connectivity index (χ0v) is 14.1. The Kier molecular flexibility index (Phi) is 4.26. The Morgan fingerprint density at radius 2 is 1.81 bits per heavy atom. The van der Waals surface area contributed by atoms with Crippen molar-refractivity contribution in [1.82, 2.24) is 5.32 Å². The molecule has 1 unspecified atom stereocenters. The number of hydrogen-bond acceptors (Lipinski definition) is 2. The standard InChI is InChI=1S/C17H23Cl2NO/c1-10(2)20-16-11-3-5-12(6-4-11)17(16,21)13-7-8-14(18)15(19)9-13/h7-12,16,20-21H,3-6H2,1-2H3/t11?,12?,16-,17?/m0/s1. The van der Waals surface area contributed by atoms with E-state index in [0.717, 1.165) is 18.4 Å². The maximum absolute atomic E-state index is 11.6. The third-order valence-corrected chi connectivity index (χ3v) is 5.97. The van der Waals surface area contributed by atoms with E-state index in [9.17, 15) is 5.11 Å². The lowest BCUT2D eigenvalue weighted by atomic mass is 9.57. The van der Waals surface area contributed by atoms with E-state index in [1.165, 1.54) is 12.8 Å². The molecule has 0 spiro atoms. The van der Waals surface area contributed by atoms with Gasteiger partial charge < -0.3 is 10.4 Å². The first-order valence-corrected chi connectivity index (χ1v) is 8.62. The minimum atomic E-state index is -0.834. The van der Waals surface area contributed by atoms with Gasteiger partial charge in [-0.15, -0.1) is 0 Å². The van der Waals surface area contributed by atoms with E-state index >= 15 is 0 Å².